The van der Waals surface area contributed by atoms with Gasteiger partial charge in [0, 0.05) is 48.7 Å². The lowest BCUT2D eigenvalue weighted by molar-refractivity contribution is 0.726. The molecule has 0 saturated heterocycles. The molecule has 0 bridgehead atoms. The second-order valence-electron chi connectivity index (χ2n) is 8.39. The van der Waals surface area contributed by atoms with Crippen molar-refractivity contribution in [2.45, 2.75) is 38.6 Å². The highest BCUT2D eigenvalue weighted by Gasteiger charge is 2.28. The van der Waals surface area contributed by atoms with E-state index in [0.29, 0.717) is 5.95 Å². The number of fused-ring (bicyclic) bond motifs is 3. The lowest BCUT2D eigenvalue weighted by Crippen LogP contribution is -2.26. The van der Waals surface area contributed by atoms with Crippen molar-refractivity contribution in [2.24, 2.45) is 7.05 Å². The Kier molecular flexibility index (Phi) is 4.31. The van der Waals surface area contributed by atoms with Crippen molar-refractivity contribution in [2.75, 3.05) is 16.8 Å². The number of hydrogen-bond donors (Lipinski definition) is 2. The molecule has 31 heavy (non-hydrogen) atoms. The van der Waals surface area contributed by atoms with E-state index in [9.17, 15) is 0 Å². The smallest absolute Gasteiger partial charge is 0.229 e. The van der Waals surface area contributed by atoms with Gasteiger partial charge in [0.2, 0.25) is 5.95 Å². The lowest BCUT2D eigenvalue weighted by Gasteiger charge is -2.22. The molecule has 2 aliphatic rings. The van der Waals surface area contributed by atoms with Gasteiger partial charge in [-0.05, 0) is 43.4 Å². The SMILES string of the molecule is Cc1ccnc(Nc2nc3c(s2)CCN(Cc2cc(C4CC4)cn2C)c2[nH]ncc2-3)n1. The van der Waals surface area contributed by atoms with Crippen LogP contribution in [0.1, 0.15) is 40.6 Å². The maximum Gasteiger partial charge on any atom is 0.229 e. The third-order valence-electron chi connectivity index (χ3n) is 6.04. The molecule has 0 aromatic carbocycles. The fraction of sp³-hybridized carbons (Fsp3) is 0.364. The summed E-state index contributed by atoms with van der Waals surface area (Å²) in [6.45, 7) is 3.72. The molecule has 2 N–H and O–H groups in total. The first kappa shape index (κ1) is 18.6. The number of rotatable bonds is 5. The van der Waals surface area contributed by atoms with Crippen LogP contribution in [0, 0.1) is 6.92 Å². The highest BCUT2D eigenvalue weighted by atomic mass is 32.1. The van der Waals surface area contributed by atoms with Crippen LogP contribution in [0.3, 0.4) is 0 Å². The number of hydrogen-bond acceptors (Lipinski definition) is 7. The highest BCUT2D eigenvalue weighted by molar-refractivity contribution is 7.16. The fourth-order valence-corrected chi connectivity index (χ4v) is 5.18. The van der Waals surface area contributed by atoms with E-state index in [-0.39, 0.29) is 0 Å². The molecule has 0 atom stereocenters. The molecule has 4 aromatic heterocycles. The quantitative estimate of drug-likeness (QED) is 0.493. The summed E-state index contributed by atoms with van der Waals surface area (Å²) >= 11 is 1.67. The molecule has 1 saturated carbocycles. The van der Waals surface area contributed by atoms with E-state index in [1.165, 1.54) is 29.0 Å². The Bertz CT molecular complexity index is 1250. The summed E-state index contributed by atoms with van der Waals surface area (Å²) in [4.78, 5) is 17.2. The van der Waals surface area contributed by atoms with Gasteiger partial charge in [-0.15, -0.1) is 11.3 Å². The zero-order valence-corrected chi connectivity index (χ0v) is 18.4. The molecule has 0 radical (unpaired) electrons. The van der Waals surface area contributed by atoms with Crippen molar-refractivity contribution in [1.29, 1.82) is 0 Å². The number of nitrogens with one attached hydrogen (secondary N) is 2. The molecule has 5 heterocycles. The molecule has 1 fully saturated rings. The monoisotopic (exact) mass is 432 g/mol. The molecule has 1 aliphatic carbocycles. The van der Waals surface area contributed by atoms with Crippen molar-refractivity contribution in [3.63, 3.8) is 0 Å². The number of thiazole rings is 1. The Balaban J connectivity index is 1.28. The number of H-pyrrole nitrogens is 1. The van der Waals surface area contributed by atoms with Crippen LogP contribution < -0.4 is 10.2 Å². The fourth-order valence-electron chi connectivity index (χ4n) is 4.22. The molecular formula is C22H24N8S. The summed E-state index contributed by atoms with van der Waals surface area (Å²) < 4.78 is 2.27. The summed E-state index contributed by atoms with van der Waals surface area (Å²) in [5, 5.41) is 11.6. The number of anilines is 3. The summed E-state index contributed by atoms with van der Waals surface area (Å²) in [5.41, 5.74) is 5.79. The van der Waals surface area contributed by atoms with Crippen LogP contribution in [0.5, 0.6) is 0 Å². The average Bonchev–Trinajstić information content (AvgIpc) is 3.22. The van der Waals surface area contributed by atoms with Crippen molar-refractivity contribution in [3.05, 3.63) is 52.6 Å². The van der Waals surface area contributed by atoms with Gasteiger partial charge in [0.05, 0.1) is 24.0 Å². The Hall–Kier alpha value is -3.20. The molecule has 0 spiro atoms. The largest absolute Gasteiger partial charge is 0.353 e. The second-order valence-corrected chi connectivity index (χ2v) is 9.47. The maximum absolute atomic E-state index is 4.88. The van der Waals surface area contributed by atoms with Gasteiger partial charge < -0.3 is 14.8 Å². The first-order valence-corrected chi connectivity index (χ1v) is 11.5. The molecule has 6 rings (SSSR count). The van der Waals surface area contributed by atoms with Crippen molar-refractivity contribution in [3.8, 4) is 11.3 Å². The van der Waals surface area contributed by atoms with Crippen LogP contribution in [0.2, 0.25) is 0 Å². The van der Waals surface area contributed by atoms with Gasteiger partial charge in [-0.3, -0.25) is 5.10 Å². The zero-order valence-electron chi connectivity index (χ0n) is 17.6. The Labute approximate surface area is 184 Å². The van der Waals surface area contributed by atoms with E-state index in [1.807, 2.05) is 19.2 Å². The van der Waals surface area contributed by atoms with Gasteiger partial charge in [0.15, 0.2) is 5.13 Å². The van der Waals surface area contributed by atoms with Gasteiger partial charge >= 0.3 is 0 Å². The normalized spacial score (nSPS) is 15.5. The minimum absolute atomic E-state index is 0.577. The first-order valence-electron chi connectivity index (χ1n) is 10.6. The van der Waals surface area contributed by atoms with Gasteiger partial charge in [0.25, 0.3) is 0 Å². The topological polar surface area (TPSA) is 87.5 Å². The maximum atomic E-state index is 4.88. The van der Waals surface area contributed by atoms with Gasteiger partial charge in [-0.2, -0.15) is 5.10 Å². The number of aromatic amines is 1. The standard InChI is InChI=1S/C22H24N8S/c1-13-5-7-23-21(25-13)27-22-26-19-17-10-24-28-20(17)30(8-6-18(19)31-22)12-16-9-15(11-29(16)2)14-3-4-14/h5,7,9-11,14H,3-4,6,8,12H2,1-2H3,(H,24,28)(H,23,25,26,27). The molecule has 4 aromatic rings. The summed E-state index contributed by atoms with van der Waals surface area (Å²) in [7, 11) is 2.15. The number of aryl methyl sites for hydroxylation is 2. The van der Waals surface area contributed by atoms with E-state index in [0.717, 1.165) is 53.3 Å². The van der Waals surface area contributed by atoms with E-state index in [4.69, 9.17) is 4.98 Å². The molecule has 158 valence electrons. The Morgan fingerprint density at radius 3 is 3.03 bits per heavy atom. The molecule has 1 aliphatic heterocycles. The second kappa shape index (κ2) is 7.19. The Morgan fingerprint density at radius 2 is 2.19 bits per heavy atom. The van der Waals surface area contributed by atoms with E-state index < -0.39 is 0 Å². The van der Waals surface area contributed by atoms with Gasteiger partial charge in [-0.25, -0.2) is 15.0 Å². The molecule has 9 heteroatoms. The van der Waals surface area contributed by atoms with E-state index in [2.05, 4.69) is 54.3 Å². The van der Waals surface area contributed by atoms with Gasteiger partial charge in [-0.1, -0.05) is 0 Å². The van der Waals surface area contributed by atoms with Crippen LogP contribution in [-0.2, 0) is 20.0 Å². The predicted octanol–water partition coefficient (Wildman–Crippen LogP) is 4.15. The van der Waals surface area contributed by atoms with Crippen molar-refractivity contribution < 1.29 is 0 Å². The Morgan fingerprint density at radius 1 is 1.29 bits per heavy atom. The highest BCUT2D eigenvalue weighted by Crippen LogP contribution is 2.42. The lowest BCUT2D eigenvalue weighted by atomic mass is 10.2. The molecule has 0 unspecified atom stereocenters. The minimum Gasteiger partial charge on any atom is -0.353 e. The third-order valence-corrected chi connectivity index (χ3v) is 7.07. The van der Waals surface area contributed by atoms with Crippen LogP contribution in [0.15, 0.2) is 30.7 Å². The zero-order chi connectivity index (χ0) is 20.9. The average molecular weight is 433 g/mol. The number of aromatic nitrogens is 6. The van der Waals surface area contributed by atoms with Crippen LogP contribution in [-0.4, -0.2) is 36.3 Å². The van der Waals surface area contributed by atoms with Crippen molar-refractivity contribution >= 4 is 28.2 Å². The predicted molar refractivity (Wildman–Crippen MR) is 122 cm³/mol. The molecule has 0 amide bonds. The van der Waals surface area contributed by atoms with Crippen LogP contribution in [0.4, 0.5) is 16.9 Å². The molecule has 8 nitrogen and oxygen atoms in total. The minimum atomic E-state index is 0.577. The third kappa shape index (κ3) is 3.48. The van der Waals surface area contributed by atoms with Crippen LogP contribution >= 0.6 is 11.3 Å². The molecular weight excluding hydrogens is 408 g/mol. The van der Waals surface area contributed by atoms with E-state index in [1.54, 1.807) is 17.5 Å². The first-order chi connectivity index (χ1) is 15.1. The van der Waals surface area contributed by atoms with E-state index >= 15 is 0 Å². The summed E-state index contributed by atoms with van der Waals surface area (Å²) in [6.07, 6.45) is 9.53. The number of nitrogens with zero attached hydrogens (tertiary/aromatic N) is 6. The van der Waals surface area contributed by atoms with Crippen LogP contribution in [0.25, 0.3) is 11.3 Å². The summed E-state index contributed by atoms with van der Waals surface area (Å²) in [6, 6.07) is 4.26. The van der Waals surface area contributed by atoms with Gasteiger partial charge in [0.1, 0.15) is 5.82 Å². The van der Waals surface area contributed by atoms with Crippen molar-refractivity contribution in [1.82, 2.24) is 29.7 Å². The summed E-state index contributed by atoms with van der Waals surface area (Å²) in [5.74, 6) is 2.39.